The molecule has 6 nitrogen and oxygen atoms in total. The molecule has 7 heteroatoms. The number of ether oxygens (including phenoxy) is 1. The second-order valence-corrected chi connectivity index (χ2v) is 6.24. The molecule has 2 rings (SSSR count). The van der Waals surface area contributed by atoms with Gasteiger partial charge in [0.2, 0.25) is 0 Å². The summed E-state index contributed by atoms with van der Waals surface area (Å²) >= 11 is 0. The van der Waals surface area contributed by atoms with Crippen molar-refractivity contribution < 1.29 is 22.1 Å². The van der Waals surface area contributed by atoms with Crippen molar-refractivity contribution in [1.29, 1.82) is 0 Å². The Bertz CT molecular complexity index is 581. The molecule has 0 aliphatic carbocycles. The standard InChI is InChI=1S/C13H17NO5S/c1-10-3-5-12(6-4-10)20(16,17)19-9-14-7-8-18-11(2)13(14)15/h3-6,11H,7-9H2,1-2H3/t11-/m0/s1. The van der Waals surface area contributed by atoms with E-state index in [0.29, 0.717) is 13.2 Å². The van der Waals surface area contributed by atoms with Crippen molar-refractivity contribution >= 4 is 16.0 Å². The van der Waals surface area contributed by atoms with Crippen LogP contribution in [-0.2, 0) is 23.8 Å². The third-order valence-electron chi connectivity index (χ3n) is 3.06. The van der Waals surface area contributed by atoms with E-state index in [2.05, 4.69) is 0 Å². The van der Waals surface area contributed by atoms with Crippen LogP contribution in [0.15, 0.2) is 29.2 Å². The van der Waals surface area contributed by atoms with E-state index in [-0.39, 0.29) is 17.5 Å². The smallest absolute Gasteiger partial charge is 0.298 e. The van der Waals surface area contributed by atoms with E-state index in [4.69, 9.17) is 8.92 Å². The van der Waals surface area contributed by atoms with Gasteiger partial charge in [-0.2, -0.15) is 8.42 Å². The van der Waals surface area contributed by atoms with Crippen LogP contribution in [0.2, 0.25) is 0 Å². The molecule has 1 atom stereocenters. The van der Waals surface area contributed by atoms with Crippen LogP contribution in [0.25, 0.3) is 0 Å². The molecule has 0 aromatic heterocycles. The molecule has 0 radical (unpaired) electrons. The maximum Gasteiger partial charge on any atom is 0.298 e. The lowest BCUT2D eigenvalue weighted by molar-refractivity contribution is -0.154. The number of amides is 1. The fourth-order valence-corrected chi connectivity index (χ4v) is 2.68. The second kappa shape index (κ2) is 5.90. The molecular weight excluding hydrogens is 282 g/mol. The van der Waals surface area contributed by atoms with Crippen molar-refractivity contribution in [1.82, 2.24) is 4.90 Å². The molecule has 0 saturated carbocycles. The van der Waals surface area contributed by atoms with Crippen LogP contribution in [-0.4, -0.2) is 45.2 Å². The fourth-order valence-electron chi connectivity index (χ4n) is 1.81. The molecule has 20 heavy (non-hydrogen) atoms. The molecule has 1 aliphatic rings. The minimum absolute atomic E-state index is 0.0804. The first-order valence-electron chi connectivity index (χ1n) is 6.26. The van der Waals surface area contributed by atoms with E-state index >= 15 is 0 Å². The predicted molar refractivity (Wildman–Crippen MR) is 71.4 cm³/mol. The van der Waals surface area contributed by atoms with Gasteiger partial charge in [-0.15, -0.1) is 0 Å². The summed E-state index contributed by atoms with van der Waals surface area (Å²) in [5.41, 5.74) is 0.959. The van der Waals surface area contributed by atoms with Crippen LogP contribution in [0.3, 0.4) is 0 Å². The molecule has 1 aliphatic heterocycles. The summed E-state index contributed by atoms with van der Waals surface area (Å²) in [6.07, 6.45) is -0.561. The monoisotopic (exact) mass is 299 g/mol. The largest absolute Gasteiger partial charge is 0.367 e. The summed E-state index contributed by atoms with van der Waals surface area (Å²) in [5, 5.41) is 0. The molecule has 110 valence electrons. The van der Waals surface area contributed by atoms with E-state index in [1.54, 1.807) is 19.1 Å². The first-order valence-corrected chi connectivity index (χ1v) is 7.67. The Morgan fingerprint density at radius 3 is 2.65 bits per heavy atom. The van der Waals surface area contributed by atoms with Crippen LogP contribution in [0.4, 0.5) is 0 Å². The zero-order chi connectivity index (χ0) is 14.8. The average molecular weight is 299 g/mol. The Balaban J connectivity index is 2.02. The third kappa shape index (κ3) is 3.36. The zero-order valence-electron chi connectivity index (χ0n) is 11.4. The average Bonchev–Trinajstić information content (AvgIpc) is 2.41. The number of carbonyl (C=O) groups excluding carboxylic acids is 1. The Morgan fingerprint density at radius 2 is 2.00 bits per heavy atom. The van der Waals surface area contributed by atoms with Crippen LogP contribution in [0.5, 0.6) is 0 Å². The minimum atomic E-state index is -3.85. The molecule has 1 amide bonds. The molecule has 1 fully saturated rings. The Kier molecular flexibility index (Phi) is 4.42. The van der Waals surface area contributed by atoms with Gasteiger partial charge in [-0.1, -0.05) is 17.7 Å². The number of carbonyl (C=O) groups is 1. The van der Waals surface area contributed by atoms with Gasteiger partial charge < -0.3 is 9.64 Å². The zero-order valence-corrected chi connectivity index (χ0v) is 12.2. The van der Waals surface area contributed by atoms with Crippen molar-refractivity contribution in [2.24, 2.45) is 0 Å². The number of hydrogen-bond acceptors (Lipinski definition) is 5. The van der Waals surface area contributed by atoms with E-state index in [0.717, 1.165) is 5.56 Å². The molecule has 0 N–H and O–H groups in total. The number of hydrogen-bond donors (Lipinski definition) is 0. The number of rotatable bonds is 4. The van der Waals surface area contributed by atoms with E-state index in [1.165, 1.54) is 17.0 Å². The highest BCUT2D eigenvalue weighted by Gasteiger charge is 2.27. The Morgan fingerprint density at radius 1 is 1.35 bits per heavy atom. The quantitative estimate of drug-likeness (QED) is 0.773. The number of nitrogens with zero attached hydrogens (tertiary/aromatic N) is 1. The van der Waals surface area contributed by atoms with E-state index in [1.807, 2.05) is 6.92 Å². The van der Waals surface area contributed by atoms with E-state index < -0.39 is 16.2 Å². The van der Waals surface area contributed by atoms with Crippen LogP contribution in [0.1, 0.15) is 12.5 Å². The molecule has 1 heterocycles. The van der Waals surface area contributed by atoms with Crippen molar-refractivity contribution in [2.75, 3.05) is 19.9 Å². The van der Waals surface area contributed by atoms with E-state index in [9.17, 15) is 13.2 Å². The van der Waals surface area contributed by atoms with Gasteiger partial charge in [0, 0.05) is 6.54 Å². The summed E-state index contributed by atoms with van der Waals surface area (Å²) in [4.78, 5) is 13.2. The highest BCUT2D eigenvalue weighted by molar-refractivity contribution is 7.86. The van der Waals surface area contributed by atoms with Crippen LogP contribution < -0.4 is 0 Å². The maximum absolute atomic E-state index is 12.0. The first kappa shape index (κ1) is 15.0. The second-order valence-electron chi connectivity index (χ2n) is 4.63. The number of benzene rings is 1. The summed E-state index contributed by atoms with van der Waals surface area (Å²) < 4.78 is 34.1. The van der Waals surface area contributed by atoms with Gasteiger partial charge in [0.05, 0.1) is 11.5 Å². The van der Waals surface area contributed by atoms with Gasteiger partial charge in [-0.25, -0.2) is 4.18 Å². The van der Waals surface area contributed by atoms with Gasteiger partial charge in [-0.3, -0.25) is 4.79 Å². The molecule has 1 aromatic carbocycles. The van der Waals surface area contributed by atoms with Gasteiger partial charge in [0.25, 0.3) is 16.0 Å². The highest BCUT2D eigenvalue weighted by Crippen LogP contribution is 2.14. The maximum atomic E-state index is 12.0. The molecule has 0 bridgehead atoms. The molecule has 1 aromatic rings. The van der Waals surface area contributed by atoms with Crippen LogP contribution in [0, 0.1) is 6.92 Å². The lowest BCUT2D eigenvalue weighted by Crippen LogP contribution is -2.47. The predicted octanol–water partition coefficient (Wildman–Crippen LogP) is 0.905. The Labute approximate surface area is 118 Å². The number of aryl methyl sites for hydroxylation is 1. The van der Waals surface area contributed by atoms with Crippen LogP contribution >= 0.6 is 0 Å². The van der Waals surface area contributed by atoms with Crippen molar-refractivity contribution in [3.8, 4) is 0 Å². The van der Waals surface area contributed by atoms with Gasteiger partial charge >= 0.3 is 0 Å². The van der Waals surface area contributed by atoms with Gasteiger partial charge in [0.1, 0.15) is 12.8 Å². The molecule has 1 saturated heterocycles. The van der Waals surface area contributed by atoms with Crippen molar-refractivity contribution in [3.63, 3.8) is 0 Å². The van der Waals surface area contributed by atoms with Crippen molar-refractivity contribution in [2.45, 2.75) is 24.8 Å². The summed E-state index contributed by atoms with van der Waals surface area (Å²) in [6, 6.07) is 6.35. The third-order valence-corrected chi connectivity index (χ3v) is 4.33. The highest BCUT2D eigenvalue weighted by atomic mass is 32.2. The minimum Gasteiger partial charge on any atom is -0.367 e. The van der Waals surface area contributed by atoms with Crippen molar-refractivity contribution in [3.05, 3.63) is 29.8 Å². The van der Waals surface area contributed by atoms with Gasteiger partial charge in [-0.05, 0) is 26.0 Å². The summed E-state index contributed by atoms with van der Waals surface area (Å²) in [5.74, 6) is -0.268. The first-order chi connectivity index (χ1) is 9.40. The van der Waals surface area contributed by atoms with Gasteiger partial charge in [0.15, 0.2) is 0 Å². The molecule has 0 spiro atoms. The fraction of sp³-hybridized carbons (Fsp3) is 0.462. The lowest BCUT2D eigenvalue weighted by atomic mass is 10.2. The number of morpholine rings is 1. The lowest BCUT2D eigenvalue weighted by Gasteiger charge is -2.30. The SMILES string of the molecule is Cc1ccc(S(=O)(=O)OCN2CCO[C@@H](C)C2=O)cc1. The normalized spacial score (nSPS) is 20.2. The summed E-state index contributed by atoms with van der Waals surface area (Å²) in [6.45, 7) is 3.91. The summed E-state index contributed by atoms with van der Waals surface area (Å²) in [7, 11) is -3.85. The molecule has 0 unspecified atom stereocenters. The topological polar surface area (TPSA) is 72.9 Å². The Hall–Kier alpha value is -1.44. The molecular formula is C13H17NO5S.